The van der Waals surface area contributed by atoms with Crippen LogP contribution in [-0.4, -0.2) is 37.3 Å². The Labute approximate surface area is 186 Å². The van der Waals surface area contributed by atoms with Crippen molar-refractivity contribution in [1.82, 2.24) is 25.1 Å². The van der Waals surface area contributed by atoms with Crippen molar-refractivity contribution in [3.63, 3.8) is 0 Å². The summed E-state index contributed by atoms with van der Waals surface area (Å²) >= 11 is 2.62. The zero-order chi connectivity index (χ0) is 21.5. The van der Waals surface area contributed by atoms with E-state index in [0.717, 1.165) is 5.69 Å². The predicted octanol–water partition coefficient (Wildman–Crippen LogP) is 3.38. The third-order valence-electron chi connectivity index (χ3n) is 4.17. The summed E-state index contributed by atoms with van der Waals surface area (Å²) in [5.41, 5.74) is 1.42. The Morgan fingerprint density at radius 3 is 2.45 bits per heavy atom. The van der Waals surface area contributed by atoms with E-state index in [9.17, 15) is 9.59 Å². The molecule has 0 saturated heterocycles. The van der Waals surface area contributed by atoms with Crippen molar-refractivity contribution in [2.24, 2.45) is 0 Å². The van der Waals surface area contributed by atoms with E-state index in [2.05, 4.69) is 25.8 Å². The molecule has 2 aromatic carbocycles. The number of nitrogens with zero attached hydrogens (tertiary/aromatic N) is 4. The summed E-state index contributed by atoms with van der Waals surface area (Å²) in [7, 11) is 0. The van der Waals surface area contributed by atoms with Crippen LogP contribution in [0.4, 0.5) is 5.13 Å². The number of thiazole rings is 1. The first kappa shape index (κ1) is 20.8. The number of para-hydroxylation sites is 1. The second-order valence-electron chi connectivity index (χ2n) is 6.29. The summed E-state index contributed by atoms with van der Waals surface area (Å²) in [6, 6.07) is 18.6. The van der Waals surface area contributed by atoms with Crippen molar-refractivity contribution in [2.75, 3.05) is 11.1 Å². The van der Waals surface area contributed by atoms with Crippen LogP contribution in [0.2, 0.25) is 0 Å². The first-order valence-corrected chi connectivity index (χ1v) is 11.2. The smallest absolute Gasteiger partial charge is 0.251 e. The molecule has 0 fully saturated rings. The van der Waals surface area contributed by atoms with Crippen molar-refractivity contribution in [3.8, 4) is 5.69 Å². The summed E-state index contributed by atoms with van der Waals surface area (Å²) in [5, 5.41) is 17.0. The van der Waals surface area contributed by atoms with Crippen LogP contribution in [-0.2, 0) is 11.3 Å². The van der Waals surface area contributed by atoms with E-state index < -0.39 is 0 Å². The second-order valence-corrected chi connectivity index (χ2v) is 8.13. The third kappa shape index (κ3) is 5.36. The van der Waals surface area contributed by atoms with Crippen LogP contribution in [0.1, 0.15) is 16.2 Å². The molecule has 0 aliphatic heterocycles. The number of carbonyl (C=O) groups is 2. The molecule has 0 atom stereocenters. The standard InChI is InChI=1S/C21H18N6O2S2/c28-18(24-20-22-11-12-30-20)14-31-21-26-25-17(27(21)16-9-5-2-6-10-16)13-23-19(29)15-7-3-1-4-8-15/h1-12H,13-14H2,(H,23,29)(H,22,24,28). The molecule has 2 amide bonds. The summed E-state index contributed by atoms with van der Waals surface area (Å²) in [6.07, 6.45) is 1.63. The lowest BCUT2D eigenvalue weighted by Gasteiger charge is -2.11. The van der Waals surface area contributed by atoms with Crippen molar-refractivity contribution in [1.29, 1.82) is 0 Å². The van der Waals surface area contributed by atoms with Crippen molar-refractivity contribution in [2.45, 2.75) is 11.7 Å². The maximum atomic E-state index is 12.4. The summed E-state index contributed by atoms with van der Waals surface area (Å²) in [4.78, 5) is 28.7. The van der Waals surface area contributed by atoms with Gasteiger partial charge in [0.25, 0.3) is 5.91 Å². The van der Waals surface area contributed by atoms with Gasteiger partial charge in [-0.2, -0.15) is 0 Å². The van der Waals surface area contributed by atoms with Crippen molar-refractivity contribution >= 4 is 40.0 Å². The number of nitrogens with one attached hydrogen (secondary N) is 2. The monoisotopic (exact) mass is 450 g/mol. The van der Waals surface area contributed by atoms with Gasteiger partial charge in [0.05, 0.1) is 12.3 Å². The minimum absolute atomic E-state index is 0.154. The first-order valence-electron chi connectivity index (χ1n) is 9.36. The lowest BCUT2D eigenvalue weighted by Crippen LogP contribution is -2.24. The normalized spacial score (nSPS) is 10.6. The van der Waals surface area contributed by atoms with Crippen LogP contribution < -0.4 is 10.6 Å². The molecule has 0 unspecified atom stereocenters. The van der Waals surface area contributed by atoms with Crippen LogP contribution >= 0.6 is 23.1 Å². The largest absolute Gasteiger partial charge is 0.345 e. The van der Waals surface area contributed by atoms with Gasteiger partial charge in [-0.15, -0.1) is 21.5 Å². The number of aromatic nitrogens is 4. The van der Waals surface area contributed by atoms with E-state index in [1.54, 1.807) is 23.7 Å². The molecule has 2 aromatic heterocycles. The van der Waals surface area contributed by atoms with E-state index in [-0.39, 0.29) is 24.1 Å². The van der Waals surface area contributed by atoms with Gasteiger partial charge in [-0.25, -0.2) is 4.98 Å². The fourth-order valence-corrected chi connectivity index (χ4v) is 4.08. The molecule has 0 aliphatic carbocycles. The molecule has 4 rings (SSSR count). The molecule has 2 heterocycles. The lowest BCUT2D eigenvalue weighted by molar-refractivity contribution is -0.113. The highest BCUT2D eigenvalue weighted by atomic mass is 32.2. The molecule has 0 bridgehead atoms. The highest BCUT2D eigenvalue weighted by molar-refractivity contribution is 7.99. The van der Waals surface area contributed by atoms with E-state index in [0.29, 0.717) is 21.7 Å². The van der Waals surface area contributed by atoms with Crippen LogP contribution in [0.3, 0.4) is 0 Å². The number of hydrogen-bond donors (Lipinski definition) is 2. The minimum Gasteiger partial charge on any atom is -0.345 e. The number of rotatable bonds is 8. The number of carbonyl (C=O) groups excluding carboxylic acids is 2. The SMILES string of the molecule is O=C(CSc1nnc(CNC(=O)c2ccccc2)n1-c1ccccc1)Nc1nccs1. The quantitative estimate of drug-likeness (QED) is 0.399. The Balaban J connectivity index is 1.49. The van der Waals surface area contributed by atoms with Crippen LogP contribution in [0, 0.1) is 0 Å². The van der Waals surface area contributed by atoms with E-state index >= 15 is 0 Å². The third-order valence-corrected chi connectivity index (χ3v) is 5.79. The number of thioether (sulfide) groups is 1. The van der Waals surface area contributed by atoms with Gasteiger partial charge in [0.1, 0.15) is 0 Å². The number of anilines is 1. The molecule has 31 heavy (non-hydrogen) atoms. The fraction of sp³-hybridized carbons (Fsp3) is 0.0952. The Bertz CT molecular complexity index is 1150. The Morgan fingerprint density at radius 1 is 1.00 bits per heavy atom. The molecule has 8 nitrogen and oxygen atoms in total. The van der Waals surface area contributed by atoms with Gasteiger partial charge in [0.15, 0.2) is 16.1 Å². The number of benzene rings is 2. The second kappa shape index (κ2) is 10.0. The molecule has 4 aromatic rings. The minimum atomic E-state index is -0.194. The Hall–Kier alpha value is -3.50. The predicted molar refractivity (Wildman–Crippen MR) is 120 cm³/mol. The topological polar surface area (TPSA) is 102 Å². The summed E-state index contributed by atoms with van der Waals surface area (Å²) in [5.74, 6) is 0.348. The lowest BCUT2D eigenvalue weighted by atomic mass is 10.2. The Kier molecular flexibility index (Phi) is 6.70. The van der Waals surface area contributed by atoms with Crippen molar-refractivity contribution in [3.05, 3.63) is 83.6 Å². The van der Waals surface area contributed by atoms with Gasteiger partial charge < -0.3 is 10.6 Å². The van der Waals surface area contributed by atoms with E-state index in [1.165, 1.54) is 23.1 Å². The van der Waals surface area contributed by atoms with Gasteiger partial charge in [0.2, 0.25) is 5.91 Å². The molecule has 0 aliphatic rings. The highest BCUT2D eigenvalue weighted by Gasteiger charge is 2.17. The molecule has 156 valence electrons. The molecule has 10 heteroatoms. The van der Waals surface area contributed by atoms with Gasteiger partial charge in [-0.1, -0.05) is 48.2 Å². The maximum Gasteiger partial charge on any atom is 0.251 e. The first-order chi connectivity index (χ1) is 15.2. The summed E-state index contributed by atoms with van der Waals surface area (Å²) < 4.78 is 1.84. The molecule has 0 spiro atoms. The van der Waals surface area contributed by atoms with Crippen LogP contribution in [0.15, 0.2) is 77.4 Å². The zero-order valence-electron chi connectivity index (χ0n) is 16.3. The average molecular weight is 451 g/mol. The fourth-order valence-electron chi connectivity index (χ4n) is 2.77. The Morgan fingerprint density at radius 2 is 1.74 bits per heavy atom. The molecular formula is C21H18N6O2S2. The van der Waals surface area contributed by atoms with Crippen LogP contribution in [0.25, 0.3) is 5.69 Å². The summed E-state index contributed by atoms with van der Waals surface area (Å²) in [6.45, 7) is 0.196. The van der Waals surface area contributed by atoms with Gasteiger partial charge in [-0.05, 0) is 24.3 Å². The van der Waals surface area contributed by atoms with E-state index in [4.69, 9.17) is 0 Å². The van der Waals surface area contributed by atoms with Gasteiger partial charge >= 0.3 is 0 Å². The van der Waals surface area contributed by atoms with Crippen molar-refractivity contribution < 1.29 is 9.59 Å². The van der Waals surface area contributed by atoms with Crippen LogP contribution in [0.5, 0.6) is 0 Å². The number of amides is 2. The molecule has 2 N–H and O–H groups in total. The molecule has 0 saturated carbocycles. The highest BCUT2D eigenvalue weighted by Crippen LogP contribution is 2.22. The van der Waals surface area contributed by atoms with E-state index in [1.807, 2.05) is 53.1 Å². The maximum absolute atomic E-state index is 12.4. The number of hydrogen-bond acceptors (Lipinski definition) is 7. The molecular weight excluding hydrogens is 432 g/mol. The zero-order valence-corrected chi connectivity index (χ0v) is 17.9. The van der Waals surface area contributed by atoms with Gasteiger partial charge in [0, 0.05) is 22.8 Å². The average Bonchev–Trinajstić information content (AvgIpc) is 3.47. The molecule has 0 radical (unpaired) electrons. The van der Waals surface area contributed by atoms with Gasteiger partial charge in [-0.3, -0.25) is 14.2 Å².